The van der Waals surface area contributed by atoms with Crippen molar-refractivity contribution in [3.63, 3.8) is 0 Å². The third kappa shape index (κ3) is 4.50. The second-order valence-electron chi connectivity index (χ2n) is 5.25. The highest BCUT2D eigenvalue weighted by molar-refractivity contribution is 6.35. The van der Waals surface area contributed by atoms with E-state index >= 15 is 0 Å². The number of carbonyl (C=O) groups is 1. The normalized spacial score (nSPS) is 18.3. The third-order valence-electron chi connectivity index (χ3n) is 3.61. The van der Waals surface area contributed by atoms with Gasteiger partial charge in [-0.15, -0.1) is 0 Å². The average molecular weight is 330 g/mol. The Morgan fingerprint density at radius 3 is 2.95 bits per heavy atom. The van der Waals surface area contributed by atoms with Gasteiger partial charge in [-0.25, -0.2) is 4.79 Å². The summed E-state index contributed by atoms with van der Waals surface area (Å²) < 4.78 is 0. The molecule has 1 aromatic rings. The second-order valence-corrected chi connectivity index (χ2v) is 6.09. The molecule has 1 aromatic carbocycles. The lowest BCUT2D eigenvalue weighted by molar-refractivity contribution is 0.173. The zero-order chi connectivity index (χ0) is 15.2. The van der Waals surface area contributed by atoms with E-state index in [9.17, 15) is 4.79 Å². The number of halogens is 2. The van der Waals surface area contributed by atoms with Crippen molar-refractivity contribution in [2.75, 3.05) is 25.0 Å². The number of nitrogens with zero attached hydrogens (tertiary/aromatic N) is 1. The third-order valence-corrected chi connectivity index (χ3v) is 4.17. The maximum Gasteiger partial charge on any atom is 0.322 e. The fourth-order valence-electron chi connectivity index (χ4n) is 2.57. The second kappa shape index (κ2) is 7.87. The zero-order valence-electron chi connectivity index (χ0n) is 12.2. The molecule has 0 bridgehead atoms. The summed E-state index contributed by atoms with van der Waals surface area (Å²) >= 11 is 12.1. The molecule has 0 radical (unpaired) electrons. The van der Waals surface area contributed by atoms with Crippen molar-refractivity contribution in [3.05, 3.63) is 28.2 Å². The topological polar surface area (TPSA) is 44.4 Å². The summed E-state index contributed by atoms with van der Waals surface area (Å²) in [6.45, 7) is 4.67. The minimum absolute atomic E-state index is 0.116. The minimum atomic E-state index is -0.116. The van der Waals surface area contributed by atoms with Crippen molar-refractivity contribution >= 4 is 34.9 Å². The average Bonchev–Trinajstić information content (AvgIpc) is 2.49. The van der Waals surface area contributed by atoms with Crippen molar-refractivity contribution in [3.8, 4) is 0 Å². The minimum Gasteiger partial charge on any atom is -0.320 e. The Morgan fingerprint density at radius 2 is 2.29 bits per heavy atom. The summed E-state index contributed by atoms with van der Waals surface area (Å²) in [4.78, 5) is 14.4. The standard InChI is InChI=1S/C15H21Cl2N3O/c1-2-8-20(12-4-3-7-18-10-12)15(21)19-14-9-11(16)5-6-13(14)17/h5-6,9,12,18H,2-4,7-8,10H2,1H3,(H,19,21). The van der Waals surface area contributed by atoms with E-state index in [4.69, 9.17) is 23.2 Å². The Kier molecular flexibility index (Phi) is 6.15. The first-order valence-electron chi connectivity index (χ1n) is 7.35. The molecule has 21 heavy (non-hydrogen) atoms. The molecular weight excluding hydrogens is 309 g/mol. The fourth-order valence-corrected chi connectivity index (χ4v) is 2.91. The van der Waals surface area contributed by atoms with Gasteiger partial charge in [-0.2, -0.15) is 0 Å². The zero-order valence-corrected chi connectivity index (χ0v) is 13.7. The van der Waals surface area contributed by atoms with Crippen LogP contribution in [0.25, 0.3) is 0 Å². The molecule has 2 N–H and O–H groups in total. The first-order chi connectivity index (χ1) is 10.1. The lowest BCUT2D eigenvalue weighted by Gasteiger charge is -2.34. The molecule has 1 aliphatic rings. The molecule has 116 valence electrons. The molecule has 0 spiro atoms. The van der Waals surface area contributed by atoms with Crippen LogP contribution in [0.2, 0.25) is 10.0 Å². The van der Waals surface area contributed by atoms with Crippen molar-refractivity contribution in [1.82, 2.24) is 10.2 Å². The Bertz CT molecular complexity index is 490. The highest BCUT2D eigenvalue weighted by Crippen LogP contribution is 2.26. The molecule has 0 saturated carbocycles. The number of urea groups is 1. The summed E-state index contributed by atoms with van der Waals surface area (Å²) in [6, 6.07) is 5.18. The predicted molar refractivity (Wildman–Crippen MR) is 88.4 cm³/mol. The van der Waals surface area contributed by atoms with Crippen LogP contribution in [-0.4, -0.2) is 36.6 Å². The van der Waals surface area contributed by atoms with E-state index in [2.05, 4.69) is 17.6 Å². The first-order valence-corrected chi connectivity index (χ1v) is 8.10. The van der Waals surface area contributed by atoms with Gasteiger partial charge in [0.15, 0.2) is 0 Å². The number of hydrogen-bond donors (Lipinski definition) is 2. The van der Waals surface area contributed by atoms with Crippen molar-refractivity contribution in [1.29, 1.82) is 0 Å². The summed E-state index contributed by atoms with van der Waals surface area (Å²) in [5, 5.41) is 7.26. The fraction of sp³-hybridized carbons (Fsp3) is 0.533. The van der Waals surface area contributed by atoms with Crippen molar-refractivity contribution in [2.24, 2.45) is 0 Å². The number of anilines is 1. The van der Waals surface area contributed by atoms with Gasteiger partial charge in [-0.05, 0) is 44.0 Å². The number of nitrogens with one attached hydrogen (secondary N) is 2. The van der Waals surface area contributed by atoms with E-state index in [1.54, 1.807) is 18.2 Å². The molecule has 2 rings (SSSR count). The van der Waals surface area contributed by atoms with E-state index in [-0.39, 0.29) is 12.1 Å². The quantitative estimate of drug-likeness (QED) is 0.877. The van der Waals surface area contributed by atoms with Gasteiger partial charge in [-0.1, -0.05) is 30.1 Å². The maximum atomic E-state index is 12.6. The van der Waals surface area contributed by atoms with Gasteiger partial charge in [0.1, 0.15) is 0 Å². The molecule has 1 fully saturated rings. The van der Waals surface area contributed by atoms with E-state index < -0.39 is 0 Å². The molecule has 0 aromatic heterocycles. The summed E-state index contributed by atoms with van der Waals surface area (Å²) in [5.74, 6) is 0. The number of rotatable bonds is 4. The molecule has 1 unspecified atom stereocenters. The highest BCUT2D eigenvalue weighted by atomic mass is 35.5. The Hall–Kier alpha value is -0.970. The van der Waals surface area contributed by atoms with Gasteiger partial charge in [0.25, 0.3) is 0 Å². The monoisotopic (exact) mass is 329 g/mol. The number of hydrogen-bond acceptors (Lipinski definition) is 2. The predicted octanol–water partition coefficient (Wildman–Crippen LogP) is 3.99. The van der Waals surface area contributed by atoms with Crippen LogP contribution in [-0.2, 0) is 0 Å². The first kappa shape index (κ1) is 16.4. The largest absolute Gasteiger partial charge is 0.322 e. The van der Waals surface area contributed by atoms with Crippen LogP contribution in [0.15, 0.2) is 18.2 Å². The SMILES string of the molecule is CCCN(C(=O)Nc1cc(Cl)ccc1Cl)C1CCCNC1. The van der Waals surface area contributed by atoms with Crippen LogP contribution in [0.5, 0.6) is 0 Å². The molecule has 1 aliphatic heterocycles. The lowest BCUT2D eigenvalue weighted by atomic mass is 10.1. The van der Waals surface area contributed by atoms with E-state index in [0.29, 0.717) is 15.7 Å². The molecule has 2 amide bonds. The molecule has 1 saturated heterocycles. The van der Waals surface area contributed by atoms with Gasteiger partial charge in [-0.3, -0.25) is 0 Å². The van der Waals surface area contributed by atoms with Crippen LogP contribution in [0.1, 0.15) is 26.2 Å². The van der Waals surface area contributed by atoms with Gasteiger partial charge < -0.3 is 15.5 Å². The molecule has 1 atom stereocenters. The molecule has 4 nitrogen and oxygen atoms in total. The van der Waals surface area contributed by atoms with Crippen LogP contribution < -0.4 is 10.6 Å². The smallest absolute Gasteiger partial charge is 0.320 e. The Labute approximate surface area is 135 Å². The summed E-state index contributed by atoms with van der Waals surface area (Å²) in [7, 11) is 0. The van der Waals surface area contributed by atoms with Crippen molar-refractivity contribution in [2.45, 2.75) is 32.2 Å². The number of piperidine rings is 1. The highest BCUT2D eigenvalue weighted by Gasteiger charge is 2.25. The molecule has 1 heterocycles. The van der Waals surface area contributed by atoms with Crippen LogP contribution in [0.3, 0.4) is 0 Å². The maximum absolute atomic E-state index is 12.6. The molecule has 6 heteroatoms. The van der Waals surface area contributed by atoms with Crippen molar-refractivity contribution < 1.29 is 4.79 Å². The lowest BCUT2D eigenvalue weighted by Crippen LogP contribution is -2.50. The van der Waals surface area contributed by atoms with Crippen LogP contribution in [0.4, 0.5) is 10.5 Å². The number of amides is 2. The van der Waals surface area contributed by atoms with Gasteiger partial charge in [0, 0.05) is 24.2 Å². The molecule has 0 aliphatic carbocycles. The number of carbonyl (C=O) groups excluding carboxylic acids is 1. The summed E-state index contributed by atoms with van der Waals surface area (Å²) in [5.41, 5.74) is 0.555. The van der Waals surface area contributed by atoms with E-state index in [1.807, 2.05) is 4.90 Å². The van der Waals surface area contributed by atoms with Gasteiger partial charge in [0.2, 0.25) is 0 Å². The van der Waals surface area contributed by atoms with Gasteiger partial charge in [0.05, 0.1) is 10.7 Å². The van der Waals surface area contributed by atoms with E-state index in [0.717, 1.165) is 38.9 Å². The van der Waals surface area contributed by atoms with Crippen LogP contribution in [0, 0.1) is 0 Å². The Balaban J connectivity index is 2.08. The number of benzene rings is 1. The Morgan fingerprint density at radius 1 is 1.48 bits per heavy atom. The van der Waals surface area contributed by atoms with Gasteiger partial charge >= 0.3 is 6.03 Å². The summed E-state index contributed by atoms with van der Waals surface area (Å²) in [6.07, 6.45) is 3.05. The molecular formula is C15H21Cl2N3O. The van der Waals surface area contributed by atoms with Crippen LogP contribution >= 0.6 is 23.2 Å². The van der Waals surface area contributed by atoms with E-state index in [1.165, 1.54) is 0 Å².